The fourth-order valence-electron chi connectivity index (χ4n) is 6.09. The summed E-state index contributed by atoms with van der Waals surface area (Å²) >= 11 is 0. The minimum absolute atomic E-state index is 0.0995. The lowest BCUT2D eigenvalue weighted by atomic mass is 9.45. The summed E-state index contributed by atoms with van der Waals surface area (Å²) in [6, 6.07) is 25.0. The molecular weight excluding hydrogens is 574 g/mol. The molecule has 0 amide bonds. The molecule has 2 aromatic carbocycles. The Kier molecular flexibility index (Phi) is 10.3. The van der Waals surface area contributed by atoms with E-state index in [9.17, 15) is 8.42 Å². The van der Waals surface area contributed by atoms with E-state index < -0.39 is 10.0 Å². The molecule has 230 valence electrons. The van der Waals surface area contributed by atoms with Gasteiger partial charge >= 0.3 is 0 Å². The van der Waals surface area contributed by atoms with E-state index >= 15 is 0 Å². The Morgan fingerprint density at radius 1 is 1.00 bits per heavy atom. The molecule has 0 aliphatic heterocycles. The molecule has 0 atom stereocenters. The first-order valence-corrected chi connectivity index (χ1v) is 17.5. The lowest BCUT2D eigenvalue weighted by Gasteiger charge is -2.35. The van der Waals surface area contributed by atoms with E-state index in [0.29, 0.717) is 18.7 Å². The van der Waals surface area contributed by atoms with E-state index in [1.807, 2.05) is 43.3 Å². The van der Waals surface area contributed by atoms with E-state index in [0.717, 1.165) is 52.5 Å². The topological polar surface area (TPSA) is 75.2 Å². The molecule has 1 saturated carbocycles. The van der Waals surface area contributed by atoms with Crippen molar-refractivity contribution < 1.29 is 8.42 Å². The van der Waals surface area contributed by atoms with Crippen LogP contribution in [0.2, 0.25) is 13.6 Å². The summed E-state index contributed by atoms with van der Waals surface area (Å²) in [7, 11) is -3.46. The van der Waals surface area contributed by atoms with E-state index in [1.54, 1.807) is 6.20 Å². The Bertz CT molecular complexity index is 1760. The monoisotopic (exact) mass is 616 g/mol. The second kappa shape index (κ2) is 14.3. The van der Waals surface area contributed by atoms with E-state index in [1.165, 1.54) is 11.1 Å². The molecule has 2 aromatic heterocycles. The van der Waals surface area contributed by atoms with Crippen LogP contribution < -0.4 is 9.44 Å². The number of nitrogens with one attached hydrogen (secondary N) is 1. The number of aromatic nitrogens is 2. The summed E-state index contributed by atoms with van der Waals surface area (Å²) < 4.78 is 30.8. The van der Waals surface area contributed by atoms with Gasteiger partial charge in [0.1, 0.15) is 11.6 Å². The molecule has 1 fully saturated rings. The van der Waals surface area contributed by atoms with E-state index in [4.69, 9.17) is 4.98 Å². The maximum atomic E-state index is 12.8. The van der Waals surface area contributed by atoms with Gasteiger partial charge in [-0.05, 0) is 61.9 Å². The normalized spacial score (nSPS) is 13.9. The van der Waals surface area contributed by atoms with Crippen molar-refractivity contribution in [3.05, 3.63) is 126 Å². The number of anilines is 2. The van der Waals surface area contributed by atoms with Crippen molar-refractivity contribution in [1.82, 2.24) is 9.97 Å². The number of nitrogens with zero attached hydrogens (tertiary/aromatic N) is 3. The zero-order valence-corrected chi connectivity index (χ0v) is 27.6. The maximum Gasteiger partial charge on any atom is 0.243 e. The summed E-state index contributed by atoms with van der Waals surface area (Å²) in [4.78, 5) is 9.98. The first kappa shape index (κ1) is 32.3. The van der Waals surface area contributed by atoms with Gasteiger partial charge in [0, 0.05) is 17.2 Å². The molecule has 2 heterocycles. The predicted molar refractivity (Wildman–Crippen MR) is 193 cm³/mol. The van der Waals surface area contributed by atoms with Crippen molar-refractivity contribution in [3.63, 3.8) is 0 Å². The van der Waals surface area contributed by atoms with Crippen LogP contribution in [0.15, 0.2) is 109 Å². The summed E-state index contributed by atoms with van der Waals surface area (Å²) in [6.45, 7) is 13.0. The summed E-state index contributed by atoms with van der Waals surface area (Å²) in [5.41, 5.74) is 5.40. The zero-order chi connectivity index (χ0) is 32.0. The van der Waals surface area contributed by atoms with Crippen molar-refractivity contribution in [2.24, 2.45) is 0 Å². The minimum Gasteiger partial charge on any atom is -0.444 e. The maximum absolute atomic E-state index is 12.8. The van der Waals surface area contributed by atoms with Crippen LogP contribution >= 0.6 is 0 Å². The van der Waals surface area contributed by atoms with Crippen molar-refractivity contribution in [2.75, 3.05) is 9.44 Å². The van der Waals surface area contributed by atoms with E-state index in [2.05, 4.69) is 96.2 Å². The summed E-state index contributed by atoms with van der Waals surface area (Å²) in [5.74, 6) is 1.15. The molecule has 1 N–H and O–H groups in total. The van der Waals surface area contributed by atoms with Crippen LogP contribution in [0.4, 0.5) is 11.6 Å². The number of benzene rings is 2. The van der Waals surface area contributed by atoms with Crippen molar-refractivity contribution in [2.45, 2.75) is 64.6 Å². The quantitative estimate of drug-likeness (QED) is 0.115. The van der Waals surface area contributed by atoms with Crippen LogP contribution in [0.25, 0.3) is 16.3 Å². The molecule has 5 rings (SSSR count). The molecule has 9 heteroatoms. The molecular formula is C36H42B2N4O2S. The van der Waals surface area contributed by atoms with Crippen molar-refractivity contribution in [3.8, 4) is 0 Å². The van der Waals surface area contributed by atoms with Crippen LogP contribution in [0, 0.1) is 0 Å². The molecule has 0 radical (unpaired) electrons. The third-order valence-electron chi connectivity index (χ3n) is 8.42. The Balaban J connectivity index is 1.70. The number of sulfonamides is 1. The van der Waals surface area contributed by atoms with Crippen molar-refractivity contribution >= 4 is 51.7 Å². The number of hydrogen-bond donors (Lipinski definition) is 1. The van der Waals surface area contributed by atoms with Gasteiger partial charge < -0.3 is 4.72 Å². The average Bonchev–Trinajstić information content (AvgIpc) is 3.89. The van der Waals surface area contributed by atoms with Crippen LogP contribution in [0.3, 0.4) is 0 Å². The number of rotatable bonds is 14. The van der Waals surface area contributed by atoms with Gasteiger partial charge in [0.15, 0.2) is 0 Å². The summed E-state index contributed by atoms with van der Waals surface area (Å²) in [5, 5.41) is 1.41. The van der Waals surface area contributed by atoms with Gasteiger partial charge in [-0.1, -0.05) is 117 Å². The van der Waals surface area contributed by atoms with Crippen molar-refractivity contribution in [1.29, 1.82) is 0 Å². The van der Waals surface area contributed by atoms with Crippen LogP contribution in [0.1, 0.15) is 49.9 Å². The molecule has 0 bridgehead atoms. The third-order valence-corrected chi connectivity index (χ3v) is 10.3. The third kappa shape index (κ3) is 7.77. The molecule has 4 aromatic rings. The predicted octanol–water partition coefficient (Wildman–Crippen LogP) is 8.07. The Hall–Kier alpha value is -4.10. The van der Waals surface area contributed by atoms with Crippen LogP contribution in [-0.2, 0) is 22.7 Å². The highest BCUT2D eigenvalue weighted by molar-refractivity contribution is 7.93. The standard InChI is InChI=1S/C36H42B2N4O2S/c1-6-15-29(7-2)32(8-3)34-22-30-23-35(41-45(43,44)31-20-21-31)39-26-33(30)36(40-34)42(37(4)24-27-16-11-9-12-17-27)38(5)25-28-18-13-10-14-19-28/h6,8-19,22-23,26,31H,3,7,20-21,24-25H2,1-2,4-5H3,(H,39,41)/b15-6-,32-29+. The SMILES string of the molecule is C=C/C(=C(\C=C/C)CC)c1cc2cc(NS(=O)(=O)C3CC3)ncc2c(N(B(C)Cc2ccccc2)B(C)Cc2ccccc2)n1. The fraction of sp³-hybridized carbons (Fsp3) is 0.278. The Morgan fingerprint density at radius 2 is 1.60 bits per heavy atom. The zero-order valence-electron chi connectivity index (χ0n) is 26.8. The molecule has 0 unspecified atom stereocenters. The lowest BCUT2D eigenvalue weighted by Crippen LogP contribution is -2.50. The summed E-state index contributed by atoms with van der Waals surface area (Å²) in [6.07, 6.45) is 11.7. The second-order valence-electron chi connectivity index (χ2n) is 11.9. The lowest BCUT2D eigenvalue weighted by molar-refractivity contribution is 0.600. The molecule has 0 saturated heterocycles. The van der Waals surface area contributed by atoms with Gasteiger partial charge in [0.05, 0.1) is 10.9 Å². The van der Waals surface area contributed by atoms with Crippen LogP contribution in [-0.4, -0.2) is 37.3 Å². The molecule has 45 heavy (non-hydrogen) atoms. The molecule has 1 aliphatic rings. The number of pyridine rings is 2. The first-order valence-electron chi connectivity index (χ1n) is 15.9. The molecule has 0 spiro atoms. The smallest absolute Gasteiger partial charge is 0.243 e. The highest BCUT2D eigenvalue weighted by Crippen LogP contribution is 2.35. The molecule has 1 aliphatic carbocycles. The van der Waals surface area contributed by atoms with Gasteiger partial charge in [0.2, 0.25) is 23.7 Å². The van der Waals surface area contributed by atoms with Gasteiger partial charge in [-0.25, -0.2) is 18.4 Å². The highest BCUT2D eigenvalue weighted by Gasteiger charge is 2.36. The number of fused-ring (bicyclic) bond motifs is 1. The Labute approximate surface area is 269 Å². The van der Waals surface area contributed by atoms with Gasteiger partial charge in [0.25, 0.3) is 0 Å². The second-order valence-corrected chi connectivity index (χ2v) is 13.9. The minimum atomic E-state index is -3.46. The van der Waals surface area contributed by atoms with Gasteiger partial charge in [-0.3, -0.25) is 4.72 Å². The largest absolute Gasteiger partial charge is 0.444 e. The average molecular weight is 616 g/mol. The fourth-order valence-corrected chi connectivity index (χ4v) is 7.41. The van der Waals surface area contributed by atoms with Crippen LogP contribution in [0.5, 0.6) is 0 Å². The first-order chi connectivity index (χ1) is 21.7. The molecule has 6 nitrogen and oxygen atoms in total. The van der Waals surface area contributed by atoms with Gasteiger partial charge in [-0.2, -0.15) is 0 Å². The number of hydrogen-bond acceptors (Lipinski definition) is 5. The van der Waals surface area contributed by atoms with Gasteiger partial charge in [-0.15, -0.1) is 0 Å². The Morgan fingerprint density at radius 3 is 2.11 bits per heavy atom. The van der Waals surface area contributed by atoms with E-state index in [-0.39, 0.29) is 18.9 Å². The number of allylic oxidation sites excluding steroid dienone is 5. The highest BCUT2D eigenvalue weighted by atomic mass is 32.2.